The minimum Gasteiger partial charge on any atom is -0.363 e. The van der Waals surface area contributed by atoms with Crippen LogP contribution in [0.5, 0.6) is 0 Å². The highest BCUT2D eigenvalue weighted by atomic mass is 16.2. The lowest BCUT2D eigenvalue weighted by atomic mass is 10.0. The molecule has 2 amide bonds. The number of nitrogens with zero attached hydrogens (tertiary/aromatic N) is 1. The van der Waals surface area contributed by atoms with E-state index in [9.17, 15) is 14.4 Å². The van der Waals surface area contributed by atoms with Crippen LogP contribution < -0.4 is 11.1 Å². The lowest BCUT2D eigenvalue weighted by molar-refractivity contribution is -0.138. The Bertz CT molecular complexity index is 823. The Morgan fingerprint density at radius 1 is 1.00 bits per heavy atom. The third-order valence-corrected chi connectivity index (χ3v) is 5.05. The summed E-state index contributed by atoms with van der Waals surface area (Å²) in [4.78, 5) is 38.7. The number of carbonyl (C=O) groups excluding carboxylic acids is 3. The number of Topliss-reactive ketones (excluding diaryl/α,β-unsaturated/α-hetero) is 1. The second kappa shape index (κ2) is 9.28. The largest absolute Gasteiger partial charge is 0.363 e. The molecule has 2 aromatic carbocycles. The summed E-state index contributed by atoms with van der Waals surface area (Å²) in [5.41, 5.74) is 7.19. The number of rotatable bonds is 8. The van der Waals surface area contributed by atoms with Gasteiger partial charge in [-0.1, -0.05) is 60.7 Å². The van der Waals surface area contributed by atoms with E-state index in [-0.39, 0.29) is 18.4 Å². The van der Waals surface area contributed by atoms with Gasteiger partial charge in [-0.05, 0) is 30.5 Å². The SMILES string of the molecule is NC(=O)C(=O)C(Cc1ccccc1)NC(=O)C1CCCN1Cc1ccccc1. The standard InChI is InChI=1S/C22H25N3O3/c23-21(27)20(26)18(14-16-8-3-1-4-9-16)24-22(28)19-12-7-13-25(19)15-17-10-5-2-6-11-17/h1-6,8-11,18-19H,7,12-15H2,(H2,23,27)(H,24,28). The van der Waals surface area contributed by atoms with Crippen molar-refractivity contribution < 1.29 is 14.4 Å². The van der Waals surface area contributed by atoms with Crippen molar-refractivity contribution in [3.63, 3.8) is 0 Å². The highest BCUT2D eigenvalue weighted by Gasteiger charge is 2.34. The van der Waals surface area contributed by atoms with E-state index in [1.807, 2.05) is 60.7 Å². The van der Waals surface area contributed by atoms with Crippen molar-refractivity contribution >= 4 is 17.6 Å². The summed E-state index contributed by atoms with van der Waals surface area (Å²) in [6.07, 6.45) is 1.87. The fraction of sp³-hybridized carbons (Fsp3) is 0.318. The summed E-state index contributed by atoms with van der Waals surface area (Å²) in [7, 11) is 0. The van der Waals surface area contributed by atoms with E-state index >= 15 is 0 Å². The van der Waals surface area contributed by atoms with Gasteiger partial charge in [-0.2, -0.15) is 0 Å². The smallest absolute Gasteiger partial charge is 0.287 e. The van der Waals surface area contributed by atoms with E-state index in [1.165, 1.54) is 0 Å². The van der Waals surface area contributed by atoms with E-state index in [4.69, 9.17) is 5.73 Å². The number of ketones is 1. The van der Waals surface area contributed by atoms with E-state index in [1.54, 1.807) is 0 Å². The molecule has 3 N–H and O–H groups in total. The third kappa shape index (κ3) is 5.04. The number of likely N-dealkylation sites (tertiary alicyclic amines) is 1. The molecule has 1 saturated heterocycles. The lowest BCUT2D eigenvalue weighted by Gasteiger charge is -2.26. The Balaban J connectivity index is 1.69. The van der Waals surface area contributed by atoms with Gasteiger partial charge < -0.3 is 11.1 Å². The maximum atomic E-state index is 12.9. The van der Waals surface area contributed by atoms with Crippen molar-refractivity contribution in [2.45, 2.75) is 37.9 Å². The van der Waals surface area contributed by atoms with Crippen molar-refractivity contribution in [2.24, 2.45) is 5.73 Å². The Morgan fingerprint density at radius 3 is 2.21 bits per heavy atom. The second-order valence-corrected chi connectivity index (χ2v) is 7.09. The van der Waals surface area contributed by atoms with E-state index in [2.05, 4.69) is 10.2 Å². The fourth-order valence-corrected chi connectivity index (χ4v) is 3.63. The van der Waals surface area contributed by atoms with Gasteiger partial charge >= 0.3 is 0 Å². The fourth-order valence-electron chi connectivity index (χ4n) is 3.63. The molecule has 0 radical (unpaired) electrons. The van der Waals surface area contributed by atoms with Gasteiger partial charge in [0, 0.05) is 13.0 Å². The number of nitrogens with one attached hydrogen (secondary N) is 1. The third-order valence-electron chi connectivity index (χ3n) is 5.05. The molecule has 2 atom stereocenters. The first-order chi connectivity index (χ1) is 13.5. The molecular weight excluding hydrogens is 354 g/mol. The molecule has 2 unspecified atom stereocenters. The number of hydrogen-bond donors (Lipinski definition) is 2. The number of hydrogen-bond acceptors (Lipinski definition) is 4. The Hall–Kier alpha value is -2.99. The number of carbonyl (C=O) groups is 3. The first-order valence-corrected chi connectivity index (χ1v) is 9.50. The van der Waals surface area contributed by atoms with Crippen LogP contribution in [-0.2, 0) is 27.3 Å². The normalized spacial score (nSPS) is 17.8. The van der Waals surface area contributed by atoms with Gasteiger partial charge in [0.05, 0.1) is 6.04 Å². The molecule has 146 valence electrons. The van der Waals surface area contributed by atoms with Crippen LogP contribution in [0.4, 0.5) is 0 Å². The number of benzene rings is 2. The maximum Gasteiger partial charge on any atom is 0.287 e. The van der Waals surface area contributed by atoms with Crippen molar-refractivity contribution in [3.05, 3.63) is 71.8 Å². The van der Waals surface area contributed by atoms with Gasteiger partial charge in [-0.15, -0.1) is 0 Å². The van der Waals surface area contributed by atoms with Crippen LogP contribution in [-0.4, -0.2) is 41.1 Å². The first kappa shape index (κ1) is 19.8. The van der Waals surface area contributed by atoms with Crippen LogP contribution in [0.3, 0.4) is 0 Å². The monoisotopic (exact) mass is 379 g/mol. The van der Waals surface area contributed by atoms with Gasteiger partial charge in [-0.3, -0.25) is 19.3 Å². The number of nitrogens with two attached hydrogens (primary N) is 1. The molecule has 0 aromatic heterocycles. The molecule has 2 aromatic rings. The van der Waals surface area contributed by atoms with Crippen LogP contribution in [0.25, 0.3) is 0 Å². The van der Waals surface area contributed by atoms with Gasteiger partial charge in [0.15, 0.2) is 0 Å². The van der Waals surface area contributed by atoms with E-state index in [0.717, 1.165) is 30.5 Å². The summed E-state index contributed by atoms with van der Waals surface area (Å²) in [6, 6.07) is 18.0. The molecule has 1 heterocycles. The van der Waals surface area contributed by atoms with Crippen LogP contribution >= 0.6 is 0 Å². The van der Waals surface area contributed by atoms with Crippen molar-refractivity contribution in [3.8, 4) is 0 Å². The lowest BCUT2D eigenvalue weighted by Crippen LogP contribution is -2.52. The first-order valence-electron chi connectivity index (χ1n) is 9.50. The summed E-state index contributed by atoms with van der Waals surface area (Å²) >= 11 is 0. The van der Waals surface area contributed by atoms with Crippen LogP contribution in [0.1, 0.15) is 24.0 Å². The summed E-state index contributed by atoms with van der Waals surface area (Å²) in [5, 5.41) is 2.77. The minimum absolute atomic E-state index is 0.232. The average Bonchev–Trinajstić information content (AvgIpc) is 3.16. The average molecular weight is 379 g/mol. The highest BCUT2D eigenvalue weighted by molar-refractivity contribution is 6.37. The quantitative estimate of drug-likeness (QED) is 0.679. The molecule has 3 rings (SSSR count). The van der Waals surface area contributed by atoms with Gasteiger partial charge in [-0.25, -0.2) is 0 Å². The maximum absolute atomic E-state index is 12.9. The molecule has 6 heteroatoms. The molecule has 0 spiro atoms. The van der Waals surface area contributed by atoms with Gasteiger partial charge in [0.25, 0.3) is 5.91 Å². The molecule has 1 aliphatic heterocycles. The topological polar surface area (TPSA) is 92.5 Å². The van der Waals surface area contributed by atoms with Gasteiger partial charge in [0.2, 0.25) is 11.7 Å². The molecular formula is C22H25N3O3. The minimum atomic E-state index is -1.03. The zero-order valence-corrected chi connectivity index (χ0v) is 15.7. The zero-order valence-electron chi connectivity index (χ0n) is 15.7. The molecule has 28 heavy (non-hydrogen) atoms. The van der Waals surface area contributed by atoms with Crippen molar-refractivity contribution in [1.29, 1.82) is 0 Å². The van der Waals surface area contributed by atoms with Crippen LogP contribution in [0.15, 0.2) is 60.7 Å². The second-order valence-electron chi connectivity index (χ2n) is 7.09. The van der Waals surface area contributed by atoms with Gasteiger partial charge in [0.1, 0.15) is 6.04 Å². The van der Waals surface area contributed by atoms with Crippen molar-refractivity contribution in [1.82, 2.24) is 10.2 Å². The predicted molar refractivity (Wildman–Crippen MR) is 106 cm³/mol. The molecule has 1 aliphatic rings. The number of amides is 2. The van der Waals surface area contributed by atoms with Crippen molar-refractivity contribution in [2.75, 3.05) is 6.54 Å². The molecule has 6 nitrogen and oxygen atoms in total. The van der Waals surface area contributed by atoms with E-state index < -0.39 is 17.7 Å². The molecule has 0 saturated carbocycles. The van der Waals surface area contributed by atoms with E-state index in [0.29, 0.717) is 6.54 Å². The summed E-state index contributed by atoms with van der Waals surface area (Å²) in [6.45, 7) is 1.49. The molecule has 0 bridgehead atoms. The van der Waals surface area contributed by atoms with Crippen LogP contribution in [0, 0.1) is 0 Å². The van der Waals surface area contributed by atoms with Crippen LogP contribution in [0.2, 0.25) is 0 Å². The summed E-state index contributed by atoms with van der Waals surface area (Å²) in [5.74, 6) is -2.04. The Labute approximate surface area is 164 Å². The molecule has 1 fully saturated rings. The highest BCUT2D eigenvalue weighted by Crippen LogP contribution is 2.20. The number of primary amides is 1. The Morgan fingerprint density at radius 2 is 1.61 bits per heavy atom. The summed E-state index contributed by atoms with van der Waals surface area (Å²) < 4.78 is 0. The predicted octanol–water partition coefficient (Wildman–Crippen LogP) is 1.43. The molecule has 0 aliphatic carbocycles. The zero-order chi connectivity index (χ0) is 19.9. The Kier molecular flexibility index (Phi) is 6.55.